The number of anilines is 6. The molecule has 0 N–H and O–H groups in total. The van der Waals surface area contributed by atoms with E-state index in [9.17, 15) is 0 Å². The third kappa shape index (κ3) is 6.85. The van der Waals surface area contributed by atoms with Gasteiger partial charge in [-0.25, -0.2) is 0 Å². The highest BCUT2D eigenvalue weighted by Gasteiger charge is 2.42. The summed E-state index contributed by atoms with van der Waals surface area (Å²) < 4.78 is 2.14. The summed E-state index contributed by atoms with van der Waals surface area (Å²) >= 11 is 7.33. The molecular formula is C56H54Br2N2. The zero-order chi connectivity index (χ0) is 42.5. The number of benzene rings is 7. The normalized spacial score (nSPS) is 14.6. The summed E-state index contributed by atoms with van der Waals surface area (Å²) in [6, 6.07) is 54.8. The van der Waals surface area contributed by atoms with E-state index >= 15 is 0 Å². The molecule has 0 unspecified atom stereocenters. The monoisotopic (exact) mass is 912 g/mol. The van der Waals surface area contributed by atoms with E-state index in [2.05, 4.69) is 256 Å². The fourth-order valence-corrected chi connectivity index (χ4v) is 10.0. The van der Waals surface area contributed by atoms with Gasteiger partial charge in [0, 0.05) is 53.9 Å². The van der Waals surface area contributed by atoms with Gasteiger partial charge in [0.05, 0.1) is 0 Å². The molecule has 0 aliphatic heterocycles. The first kappa shape index (κ1) is 40.5. The van der Waals surface area contributed by atoms with Crippen molar-refractivity contribution in [1.82, 2.24) is 0 Å². The Morgan fingerprint density at radius 2 is 0.600 bits per heavy atom. The molecule has 7 aromatic rings. The number of fused-ring (bicyclic) bond motifs is 6. The molecule has 60 heavy (non-hydrogen) atoms. The minimum absolute atomic E-state index is 0.0846. The Bertz CT molecular complexity index is 2570. The lowest BCUT2D eigenvalue weighted by Gasteiger charge is -2.29. The highest BCUT2D eigenvalue weighted by molar-refractivity contribution is 9.10. The Balaban J connectivity index is 1.12. The average molecular weight is 915 g/mol. The van der Waals surface area contributed by atoms with E-state index in [1.54, 1.807) is 0 Å². The molecule has 302 valence electrons. The first-order chi connectivity index (χ1) is 28.3. The van der Waals surface area contributed by atoms with Crippen LogP contribution in [0.3, 0.4) is 0 Å². The molecule has 0 saturated carbocycles. The fraction of sp³-hybridized carbons (Fsp3) is 0.250. The Kier molecular flexibility index (Phi) is 9.69. The second-order valence-corrected chi connectivity index (χ2v) is 21.7. The van der Waals surface area contributed by atoms with Crippen molar-refractivity contribution in [3.8, 4) is 22.3 Å². The molecule has 0 bridgehead atoms. The SMILES string of the molecule is CC(C)(C)c1ccc(N(c2ccc(Br)cc2)c2ccc3c(c2)C(C)(C)c2cc4c(cc2-3)C(C)(C)c2cc(N(c3ccc(Br)cc3)c3ccc(C(C)(C)C)cc3)ccc2-4)cc1. The van der Waals surface area contributed by atoms with Crippen molar-refractivity contribution >= 4 is 66.0 Å². The lowest BCUT2D eigenvalue weighted by molar-refractivity contribution is 0.590. The number of nitrogens with zero attached hydrogens (tertiary/aromatic N) is 2. The van der Waals surface area contributed by atoms with Crippen LogP contribution in [0, 0.1) is 0 Å². The van der Waals surface area contributed by atoms with Gasteiger partial charge in [-0.05, 0) is 176 Å². The van der Waals surface area contributed by atoms with Gasteiger partial charge in [-0.15, -0.1) is 0 Å². The summed E-state index contributed by atoms with van der Waals surface area (Å²) in [6.45, 7) is 23.2. The maximum Gasteiger partial charge on any atom is 0.0465 e. The molecule has 0 saturated heterocycles. The molecule has 0 radical (unpaired) electrons. The summed E-state index contributed by atoms with van der Waals surface area (Å²) in [7, 11) is 0. The van der Waals surface area contributed by atoms with Crippen LogP contribution < -0.4 is 9.80 Å². The zero-order valence-corrected chi connectivity index (χ0v) is 39.7. The van der Waals surface area contributed by atoms with Crippen LogP contribution in [0.1, 0.15) is 103 Å². The molecule has 0 atom stereocenters. The van der Waals surface area contributed by atoms with Crippen molar-refractivity contribution in [2.45, 2.75) is 90.9 Å². The van der Waals surface area contributed by atoms with Crippen LogP contribution >= 0.6 is 31.9 Å². The predicted molar refractivity (Wildman–Crippen MR) is 264 cm³/mol. The third-order valence-corrected chi connectivity index (χ3v) is 14.2. The van der Waals surface area contributed by atoms with Crippen molar-refractivity contribution in [3.63, 3.8) is 0 Å². The Morgan fingerprint density at radius 1 is 0.333 bits per heavy atom. The maximum absolute atomic E-state index is 3.67. The molecule has 4 heteroatoms. The van der Waals surface area contributed by atoms with Crippen LogP contribution in [-0.2, 0) is 21.7 Å². The first-order valence-corrected chi connectivity index (χ1v) is 22.7. The molecule has 2 nitrogen and oxygen atoms in total. The molecule has 9 rings (SSSR count). The van der Waals surface area contributed by atoms with E-state index in [-0.39, 0.29) is 21.7 Å². The Hall–Kier alpha value is -4.90. The molecular weight excluding hydrogens is 860 g/mol. The van der Waals surface area contributed by atoms with E-state index < -0.39 is 0 Å². The van der Waals surface area contributed by atoms with Crippen LogP contribution in [0.5, 0.6) is 0 Å². The van der Waals surface area contributed by atoms with Crippen LogP contribution in [-0.4, -0.2) is 0 Å². The molecule has 0 fully saturated rings. The van der Waals surface area contributed by atoms with Crippen molar-refractivity contribution in [2.24, 2.45) is 0 Å². The summed E-state index contributed by atoms with van der Waals surface area (Å²) in [5, 5.41) is 0. The smallest absolute Gasteiger partial charge is 0.0465 e. The second-order valence-electron chi connectivity index (χ2n) is 19.9. The summed E-state index contributed by atoms with van der Waals surface area (Å²) in [5.74, 6) is 0. The molecule has 0 heterocycles. The van der Waals surface area contributed by atoms with Crippen molar-refractivity contribution in [1.29, 1.82) is 0 Å². The van der Waals surface area contributed by atoms with Crippen molar-refractivity contribution in [2.75, 3.05) is 9.80 Å². The highest BCUT2D eigenvalue weighted by atomic mass is 79.9. The average Bonchev–Trinajstić information content (AvgIpc) is 3.57. The van der Waals surface area contributed by atoms with E-state index in [0.29, 0.717) is 0 Å². The molecule has 7 aromatic carbocycles. The third-order valence-electron chi connectivity index (χ3n) is 13.1. The topological polar surface area (TPSA) is 6.48 Å². The lowest BCUT2D eigenvalue weighted by Crippen LogP contribution is -2.18. The van der Waals surface area contributed by atoms with E-state index in [4.69, 9.17) is 0 Å². The summed E-state index contributed by atoms with van der Waals surface area (Å²) in [6.07, 6.45) is 0. The Morgan fingerprint density at radius 3 is 0.900 bits per heavy atom. The van der Waals surface area contributed by atoms with E-state index in [1.165, 1.54) is 55.6 Å². The van der Waals surface area contributed by atoms with Gasteiger partial charge in [-0.2, -0.15) is 0 Å². The first-order valence-electron chi connectivity index (χ1n) is 21.1. The van der Waals surface area contributed by atoms with Crippen molar-refractivity contribution < 1.29 is 0 Å². The van der Waals surface area contributed by atoms with E-state index in [0.717, 1.165) is 43.1 Å². The van der Waals surface area contributed by atoms with Gasteiger partial charge >= 0.3 is 0 Å². The zero-order valence-electron chi connectivity index (χ0n) is 36.5. The molecule has 0 aromatic heterocycles. The molecule has 0 amide bonds. The van der Waals surface area contributed by atoms with Crippen LogP contribution in [0.25, 0.3) is 22.3 Å². The summed E-state index contributed by atoms with van der Waals surface area (Å²) in [4.78, 5) is 4.79. The molecule has 2 aliphatic carbocycles. The van der Waals surface area contributed by atoms with E-state index in [1.807, 2.05) is 0 Å². The van der Waals surface area contributed by atoms with Gasteiger partial charge in [0.15, 0.2) is 0 Å². The largest absolute Gasteiger partial charge is 0.310 e. The van der Waals surface area contributed by atoms with Gasteiger partial charge in [0.25, 0.3) is 0 Å². The molecule has 0 spiro atoms. The predicted octanol–water partition coefficient (Wildman–Crippen LogP) is 17.4. The summed E-state index contributed by atoms with van der Waals surface area (Å²) in [5.41, 5.74) is 20.2. The van der Waals surface area contributed by atoms with Crippen LogP contribution in [0.15, 0.2) is 155 Å². The van der Waals surface area contributed by atoms with Crippen LogP contribution in [0.2, 0.25) is 0 Å². The van der Waals surface area contributed by atoms with Gasteiger partial charge in [0.2, 0.25) is 0 Å². The number of halogens is 2. The quantitative estimate of drug-likeness (QED) is 0.164. The second kappa shape index (κ2) is 14.4. The van der Waals surface area contributed by atoms with Gasteiger partial charge in [-0.3, -0.25) is 0 Å². The minimum atomic E-state index is -0.193. The van der Waals surface area contributed by atoms with Crippen molar-refractivity contribution in [3.05, 3.63) is 188 Å². The maximum atomic E-state index is 3.67. The lowest BCUT2D eigenvalue weighted by atomic mass is 9.79. The fourth-order valence-electron chi connectivity index (χ4n) is 9.51. The van der Waals surface area contributed by atoms with Gasteiger partial charge in [-0.1, -0.05) is 137 Å². The van der Waals surface area contributed by atoms with Gasteiger partial charge < -0.3 is 9.80 Å². The minimum Gasteiger partial charge on any atom is -0.310 e. The Labute approximate surface area is 374 Å². The van der Waals surface area contributed by atoms with Gasteiger partial charge in [0.1, 0.15) is 0 Å². The van der Waals surface area contributed by atoms with Crippen LogP contribution in [0.4, 0.5) is 34.1 Å². The highest BCUT2D eigenvalue weighted by Crippen LogP contribution is 2.57. The number of rotatable bonds is 6. The number of hydrogen-bond donors (Lipinski definition) is 0. The number of hydrogen-bond acceptors (Lipinski definition) is 2. The molecule has 2 aliphatic rings. The standard InChI is InChI=1S/C56H54Br2N2/c1-53(2,3)35-11-19-39(20-12-35)59(41-23-15-37(57)16-24-41)43-27-29-45-47-33-52-48(34-51(47)55(7,8)49(45)31-43)46-30-28-44(32-50(46)56(52,9)10)60(42-25-17-38(58)18-26-42)40-21-13-36(14-22-40)54(4,5)6/h11-34H,1-10H3.